The number of rotatable bonds is 5. The predicted octanol–water partition coefficient (Wildman–Crippen LogP) is -0.116. The Morgan fingerprint density at radius 1 is 1.39 bits per heavy atom. The second-order valence-corrected chi connectivity index (χ2v) is 5.55. The minimum atomic E-state index is -0.410. The Morgan fingerprint density at radius 2 is 2.06 bits per heavy atom. The highest BCUT2D eigenvalue weighted by molar-refractivity contribution is 7.10. The van der Waals surface area contributed by atoms with Crippen molar-refractivity contribution in [1.29, 1.82) is 0 Å². The Bertz CT molecular complexity index is 375. The van der Waals surface area contributed by atoms with Gasteiger partial charge in [0.05, 0.1) is 6.54 Å². The average Bonchev–Trinajstić information content (AvgIpc) is 2.84. The van der Waals surface area contributed by atoms with Crippen molar-refractivity contribution >= 4 is 17.2 Å². The van der Waals surface area contributed by atoms with Crippen molar-refractivity contribution in [2.45, 2.75) is 6.10 Å². The third kappa shape index (κ3) is 3.78. The molecule has 0 aromatic carbocycles. The fourth-order valence-corrected chi connectivity index (χ4v) is 2.87. The van der Waals surface area contributed by atoms with E-state index in [-0.39, 0.29) is 5.91 Å². The van der Waals surface area contributed by atoms with Crippen molar-refractivity contribution in [3.63, 3.8) is 0 Å². The van der Waals surface area contributed by atoms with Gasteiger partial charge in [0.25, 0.3) is 0 Å². The Morgan fingerprint density at radius 3 is 2.61 bits per heavy atom. The molecule has 1 aliphatic heterocycles. The largest absolute Gasteiger partial charge is 0.386 e. The number of nitrogens with zero attached hydrogens (tertiary/aromatic N) is 2. The zero-order valence-corrected chi connectivity index (χ0v) is 11.1. The predicted molar refractivity (Wildman–Crippen MR) is 71.4 cm³/mol. The van der Waals surface area contributed by atoms with Crippen LogP contribution in [-0.4, -0.2) is 60.1 Å². The summed E-state index contributed by atoms with van der Waals surface area (Å²) in [5.74, 6) is -0.276. The van der Waals surface area contributed by atoms with Crippen LogP contribution in [-0.2, 0) is 4.79 Å². The van der Waals surface area contributed by atoms with Crippen LogP contribution in [0.2, 0.25) is 0 Å². The zero-order chi connectivity index (χ0) is 13.0. The Kier molecular flexibility index (Phi) is 4.71. The van der Waals surface area contributed by atoms with Gasteiger partial charge in [-0.3, -0.25) is 14.6 Å². The van der Waals surface area contributed by atoms with Gasteiger partial charge in [0.1, 0.15) is 6.10 Å². The summed E-state index contributed by atoms with van der Waals surface area (Å²) in [7, 11) is 0. The lowest BCUT2D eigenvalue weighted by Crippen LogP contribution is -2.49. The van der Waals surface area contributed by atoms with Crippen LogP contribution in [0.4, 0.5) is 0 Å². The number of primary amides is 1. The number of nitrogens with two attached hydrogens (primary N) is 1. The Labute approximate surface area is 111 Å². The van der Waals surface area contributed by atoms with Gasteiger partial charge in [-0.1, -0.05) is 6.07 Å². The maximum atomic E-state index is 10.8. The molecule has 1 fully saturated rings. The Balaban J connectivity index is 1.75. The van der Waals surface area contributed by atoms with E-state index in [2.05, 4.69) is 9.80 Å². The summed E-state index contributed by atoms with van der Waals surface area (Å²) in [5, 5.41) is 12.0. The highest BCUT2D eigenvalue weighted by Crippen LogP contribution is 2.20. The standard InChI is InChI=1S/C12H19N3O2S/c13-12(17)9-15-5-3-14(4-6-15)8-10(16)11-2-1-7-18-11/h1-2,7,10,16H,3-6,8-9H2,(H2,13,17). The lowest BCUT2D eigenvalue weighted by Gasteiger charge is -2.34. The van der Waals surface area contributed by atoms with E-state index in [4.69, 9.17) is 5.73 Å². The lowest BCUT2D eigenvalue weighted by molar-refractivity contribution is -0.119. The van der Waals surface area contributed by atoms with Crippen LogP contribution >= 0.6 is 11.3 Å². The van der Waals surface area contributed by atoms with E-state index in [1.165, 1.54) is 0 Å². The molecule has 6 heteroatoms. The summed E-state index contributed by atoms with van der Waals surface area (Å²) in [6.07, 6.45) is -0.410. The first-order valence-electron chi connectivity index (χ1n) is 6.09. The lowest BCUT2D eigenvalue weighted by atomic mass is 10.2. The third-order valence-corrected chi connectivity index (χ3v) is 4.12. The highest BCUT2D eigenvalue weighted by Gasteiger charge is 2.20. The number of aliphatic hydroxyl groups is 1. The smallest absolute Gasteiger partial charge is 0.231 e. The molecule has 5 nitrogen and oxygen atoms in total. The van der Waals surface area contributed by atoms with E-state index in [0.717, 1.165) is 31.1 Å². The van der Waals surface area contributed by atoms with Gasteiger partial charge in [-0.25, -0.2) is 0 Å². The highest BCUT2D eigenvalue weighted by atomic mass is 32.1. The van der Waals surface area contributed by atoms with Crippen molar-refractivity contribution in [1.82, 2.24) is 9.80 Å². The molecule has 1 aliphatic rings. The molecule has 0 radical (unpaired) electrons. The number of carbonyl (C=O) groups excluding carboxylic acids is 1. The molecule has 0 saturated carbocycles. The average molecular weight is 269 g/mol. The quantitative estimate of drug-likeness (QED) is 0.782. The zero-order valence-electron chi connectivity index (χ0n) is 10.3. The number of carbonyl (C=O) groups is 1. The maximum Gasteiger partial charge on any atom is 0.231 e. The molecule has 100 valence electrons. The van der Waals surface area contributed by atoms with E-state index in [1.54, 1.807) is 11.3 Å². The van der Waals surface area contributed by atoms with E-state index in [1.807, 2.05) is 17.5 Å². The number of β-amino-alcohol motifs (C(OH)–C–C–N with tert-alkyl or cyclic N) is 1. The van der Waals surface area contributed by atoms with E-state index >= 15 is 0 Å². The Hall–Kier alpha value is -0.950. The van der Waals surface area contributed by atoms with Gasteiger partial charge in [-0.15, -0.1) is 11.3 Å². The van der Waals surface area contributed by atoms with Crippen molar-refractivity contribution < 1.29 is 9.90 Å². The summed E-state index contributed by atoms with van der Waals surface area (Å²) in [5.41, 5.74) is 5.17. The number of aliphatic hydroxyl groups excluding tert-OH is 1. The van der Waals surface area contributed by atoms with E-state index in [0.29, 0.717) is 13.1 Å². The molecule has 0 spiro atoms. The normalized spacial score (nSPS) is 19.8. The van der Waals surface area contributed by atoms with Crippen LogP contribution in [0.5, 0.6) is 0 Å². The molecule has 3 N–H and O–H groups in total. The molecule has 0 bridgehead atoms. The topological polar surface area (TPSA) is 69.8 Å². The molecular weight excluding hydrogens is 250 g/mol. The molecule has 1 saturated heterocycles. The van der Waals surface area contributed by atoms with Crippen LogP contribution in [0.15, 0.2) is 17.5 Å². The minimum absolute atomic E-state index is 0.276. The van der Waals surface area contributed by atoms with Crippen molar-refractivity contribution in [2.75, 3.05) is 39.3 Å². The molecule has 1 aromatic heterocycles. The molecular formula is C12H19N3O2S. The summed E-state index contributed by atoms with van der Waals surface area (Å²) in [4.78, 5) is 16.1. The molecule has 0 aliphatic carbocycles. The van der Waals surface area contributed by atoms with Crippen LogP contribution in [0.3, 0.4) is 0 Å². The molecule has 2 heterocycles. The number of thiophene rings is 1. The summed E-state index contributed by atoms with van der Waals surface area (Å²) >= 11 is 1.58. The van der Waals surface area contributed by atoms with Crippen LogP contribution in [0.1, 0.15) is 11.0 Å². The van der Waals surface area contributed by atoms with Gasteiger partial charge in [0.2, 0.25) is 5.91 Å². The SMILES string of the molecule is NC(=O)CN1CCN(CC(O)c2cccs2)CC1. The molecule has 2 rings (SSSR count). The second kappa shape index (κ2) is 6.29. The van der Waals surface area contributed by atoms with Gasteiger partial charge in [0, 0.05) is 37.6 Å². The van der Waals surface area contributed by atoms with Gasteiger partial charge in [-0.05, 0) is 11.4 Å². The first kappa shape index (κ1) is 13.5. The van der Waals surface area contributed by atoms with Crippen molar-refractivity contribution in [3.8, 4) is 0 Å². The number of hydrogen-bond donors (Lipinski definition) is 2. The van der Waals surface area contributed by atoms with Gasteiger partial charge < -0.3 is 10.8 Å². The van der Waals surface area contributed by atoms with Crippen LogP contribution in [0.25, 0.3) is 0 Å². The number of piperazine rings is 1. The molecule has 1 aromatic rings. The van der Waals surface area contributed by atoms with Crippen molar-refractivity contribution in [2.24, 2.45) is 5.73 Å². The fourth-order valence-electron chi connectivity index (χ4n) is 2.17. The first-order chi connectivity index (χ1) is 8.65. The van der Waals surface area contributed by atoms with Crippen LogP contribution in [0, 0.1) is 0 Å². The summed E-state index contributed by atoms with van der Waals surface area (Å²) in [6.45, 7) is 4.40. The van der Waals surface area contributed by atoms with E-state index < -0.39 is 6.10 Å². The van der Waals surface area contributed by atoms with Gasteiger partial charge >= 0.3 is 0 Å². The third-order valence-electron chi connectivity index (χ3n) is 3.15. The monoisotopic (exact) mass is 269 g/mol. The molecule has 1 atom stereocenters. The summed E-state index contributed by atoms with van der Waals surface area (Å²) < 4.78 is 0. The minimum Gasteiger partial charge on any atom is -0.386 e. The molecule has 18 heavy (non-hydrogen) atoms. The first-order valence-corrected chi connectivity index (χ1v) is 6.97. The molecule has 1 unspecified atom stereocenters. The fraction of sp³-hybridized carbons (Fsp3) is 0.583. The number of hydrogen-bond acceptors (Lipinski definition) is 5. The number of amides is 1. The van der Waals surface area contributed by atoms with Gasteiger partial charge in [0.15, 0.2) is 0 Å². The van der Waals surface area contributed by atoms with Crippen LogP contribution < -0.4 is 5.73 Å². The summed E-state index contributed by atoms with van der Waals surface area (Å²) in [6, 6.07) is 3.91. The van der Waals surface area contributed by atoms with Crippen molar-refractivity contribution in [3.05, 3.63) is 22.4 Å². The van der Waals surface area contributed by atoms with Gasteiger partial charge in [-0.2, -0.15) is 0 Å². The second-order valence-electron chi connectivity index (χ2n) is 4.57. The molecule has 1 amide bonds. The maximum absolute atomic E-state index is 10.8. The van der Waals surface area contributed by atoms with E-state index in [9.17, 15) is 9.90 Å².